The maximum atomic E-state index is 15.2. The second-order valence-electron chi connectivity index (χ2n) is 21.1. The van der Waals surface area contributed by atoms with E-state index in [1.807, 2.05) is 105 Å². The number of hydrogen-bond acceptors (Lipinski definition) is 12. The summed E-state index contributed by atoms with van der Waals surface area (Å²) < 4.78 is 0. The predicted octanol–water partition coefficient (Wildman–Crippen LogP) is 4.61. The maximum Gasteiger partial charge on any atom is 0.264 e. The van der Waals surface area contributed by atoms with Crippen LogP contribution in [0.3, 0.4) is 0 Å². The molecule has 1 aliphatic rings. The zero-order chi connectivity index (χ0) is 59.7. The smallest absolute Gasteiger partial charge is 0.264 e. The normalized spacial score (nSPS) is 19.9. The first kappa shape index (κ1) is 61.5. The summed E-state index contributed by atoms with van der Waals surface area (Å²) in [6, 6.07) is 43.2. The first-order valence-corrected chi connectivity index (χ1v) is 30.2. The van der Waals surface area contributed by atoms with Gasteiger partial charge in [0, 0.05) is 62.4 Å². The van der Waals surface area contributed by atoms with Crippen LogP contribution in [0.4, 0.5) is 0 Å². The van der Waals surface area contributed by atoms with Gasteiger partial charge in [0.05, 0.1) is 6.04 Å². The van der Waals surface area contributed by atoms with Crippen molar-refractivity contribution in [1.82, 2.24) is 42.1 Å². The molecule has 0 unspecified atom stereocenters. The Bertz CT molecular complexity index is 3470. The molecule has 84 heavy (non-hydrogen) atoms. The van der Waals surface area contributed by atoms with E-state index in [1.54, 1.807) is 78.9 Å². The third-order valence-electron chi connectivity index (χ3n) is 14.3. The Morgan fingerprint density at radius 2 is 1.00 bits per heavy atom. The summed E-state index contributed by atoms with van der Waals surface area (Å²) in [5.41, 5.74) is 16.2. The number of nitrogens with zero attached hydrogens (tertiary/aromatic N) is 1. The van der Waals surface area contributed by atoms with Crippen molar-refractivity contribution in [3.63, 3.8) is 0 Å². The quantitative estimate of drug-likeness (QED) is 0.0601. The SMILES string of the molecule is CC(C)NCc1ccc(C[C@@H]2NC(=O)[C@H](N(C)C(=O)c3ccc4ccccc4c3)NC(=O)[C@H](Cc3ccccc3)NC(=O)[C@H](N)CSSC[C@@H](C(=O)N[C@@H](Cc3ccc4ccccc4c3)C(N)=O)NC(=O)[C@H](Cc3ccccc3)NC2=O)cc1. The van der Waals surface area contributed by atoms with Gasteiger partial charge in [0.2, 0.25) is 35.4 Å². The molecule has 20 heteroatoms. The summed E-state index contributed by atoms with van der Waals surface area (Å²) in [5, 5.41) is 23.7. The second-order valence-corrected chi connectivity index (χ2v) is 23.6. The number of nitrogens with one attached hydrogen (secondary N) is 7. The van der Waals surface area contributed by atoms with Crippen LogP contribution in [-0.4, -0.2) is 119 Å². The summed E-state index contributed by atoms with van der Waals surface area (Å²) in [4.78, 5) is 118. The second kappa shape index (κ2) is 29.6. The van der Waals surface area contributed by atoms with Gasteiger partial charge in [-0.25, -0.2) is 0 Å². The van der Waals surface area contributed by atoms with Crippen molar-refractivity contribution in [3.05, 3.63) is 203 Å². The summed E-state index contributed by atoms with van der Waals surface area (Å²) in [7, 11) is 3.59. The van der Waals surface area contributed by atoms with E-state index < -0.39 is 89.7 Å². The van der Waals surface area contributed by atoms with E-state index >= 15 is 9.59 Å². The average molecular weight is 1170 g/mol. The third kappa shape index (κ3) is 17.3. The lowest BCUT2D eigenvalue weighted by Gasteiger charge is -2.32. The molecule has 0 spiro atoms. The van der Waals surface area contributed by atoms with Crippen molar-refractivity contribution in [1.29, 1.82) is 0 Å². The van der Waals surface area contributed by atoms with Crippen LogP contribution in [0.5, 0.6) is 0 Å². The number of hydrogen-bond donors (Lipinski definition) is 9. The molecule has 0 bridgehead atoms. The summed E-state index contributed by atoms with van der Waals surface area (Å²) >= 11 is 0. The van der Waals surface area contributed by atoms with Crippen LogP contribution in [0.2, 0.25) is 0 Å². The fourth-order valence-corrected chi connectivity index (χ4v) is 11.8. The van der Waals surface area contributed by atoms with Crippen molar-refractivity contribution in [2.75, 3.05) is 18.6 Å². The van der Waals surface area contributed by atoms with Crippen LogP contribution >= 0.6 is 21.6 Å². The zero-order valence-electron chi connectivity index (χ0n) is 46.9. The molecule has 7 atom stereocenters. The maximum absolute atomic E-state index is 15.2. The van der Waals surface area contributed by atoms with Gasteiger partial charge in [0.15, 0.2) is 6.17 Å². The Balaban J connectivity index is 1.17. The highest BCUT2D eigenvalue weighted by Gasteiger charge is 2.37. The van der Waals surface area contributed by atoms with Gasteiger partial charge in [-0.05, 0) is 61.5 Å². The van der Waals surface area contributed by atoms with Crippen LogP contribution < -0.4 is 48.7 Å². The lowest BCUT2D eigenvalue weighted by atomic mass is 10.0. The van der Waals surface area contributed by atoms with E-state index in [0.717, 1.165) is 59.2 Å². The van der Waals surface area contributed by atoms with Crippen molar-refractivity contribution in [2.45, 2.75) is 94.5 Å². The van der Waals surface area contributed by atoms with E-state index in [-0.39, 0.29) is 48.8 Å². The van der Waals surface area contributed by atoms with E-state index in [1.165, 1.54) is 7.05 Å². The molecule has 1 saturated heterocycles. The molecule has 1 fully saturated rings. The van der Waals surface area contributed by atoms with Gasteiger partial charge < -0.3 is 53.6 Å². The molecular formula is C64H70N10O8S2. The fraction of sp³-hybridized carbons (Fsp3) is 0.281. The molecule has 0 aromatic heterocycles. The Kier molecular flexibility index (Phi) is 21.7. The largest absolute Gasteiger partial charge is 0.368 e. The van der Waals surface area contributed by atoms with Crippen LogP contribution in [0, 0.1) is 0 Å². The molecule has 7 aromatic carbocycles. The minimum atomic E-state index is -1.80. The number of nitrogens with two attached hydrogens (primary N) is 2. The number of likely N-dealkylation sites (N-methyl/N-ethyl adjacent to an activating group) is 1. The number of carbonyl (C=O) groups is 8. The molecule has 18 nitrogen and oxygen atoms in total. The van der Waals surface area contributed by atoms with E-state index in [9.17, 15) is 28.8 Å². The van der Waals surface area contributed by atoms with Gasteiger partial charge in [-0.15, -0.1) is 0 Å². The Hall–Kier alpha value is -8.56. The topological polar surface area (TPSA) is 276 Å². The number of fused-ring (bicyclic) bond motifs is 2. The Morgan fingerprint density at radius 1 is 0.536 bits per heavy atom. The van der Waals surface area contributed by atoms with E-state index in [4.69, 9.17) is 11.5 Å². The Labute approximate surface area is 496 Å². The molecule has 0 aliphatic carbocycles. The molecule has 8 rings (SSSR count). The van der Waals surface area contributed by atoms with Crippen molar-refractivity contribution in [3.8, 4) is 0 Å². The average Bonchev–Trinajstić information content (AvgIpc) is 3.32. The van der Waals surface area contributed by atoms with Gasteiger partial charge in [-0.2, -0.15) is 0 Å². The molecule has 0 saturated carbocycles. The van der Waals surface area contributed by atoms with Gasteiger partial charge in [0.1, 0.15) is 30.2 Å². The highest BCUT2D eigenvalue weighted by Crippen LogP contribution is 2.24. The predicted molar refractivity (Wildman–Crippen MR) is 330 cm³/mol. The molecule has 1 heterocycles. The summed E-state index contributed by atoms with van der Waals surface area (Å²) in [6.45, 7) is 4.62. The van der Waals surface area contributed by atoms with Crippen molar-refractivity contribution in [2.24, 2.45) is 11.5 Å². The highest BCUT2D eigenvalue weighted by atomic mass is 33.1. The Morgan fingerprint density at radius 3 is 1.58 bits per heavy atom. The van der Waals surface area contributed by atoms with Crippen LogP contribution in [0.15, 0.2) is 170 Å². The monoisotopic (exact) mass is 1170 g/mol. The van der Waals surface area contributed by atoms with Gasteiger partial charge in [-0.1, -0.05) is 193 Å². The molecule has 1 aliphatic heterocycles. The molecule has 7 aromatic rings. The van der Waals surface area contributed by atoms with Crippen LogP contribution in [0.25, 0.3) is 21.5 Å². The number of amides is 8. The zero-order valence-corrected chi connectivity index (χ0v) is 48.6. The molecule has 0 radical (unpaired) electrons. The number of primary amides is 1. The van der Waals surface area contributed by atoms with Gasteiger partial charge in [-0.3, -0.25) is 38.4 Å². The highest BCUT2D eigenvalue weighted by molar-refractivity contribution is 8.76. The minimum absolute atomic E-state index is 0.0350. The molecular weight excluding hydrogens is 1100 g/mol. The number of carbonyl (C=O) groups excluding carboxylic acids is 8. The van der Waals surface area contributed by atoms with E-state index in [2.05, 4.69) is 37.2 Å². The number of benzene rings is 7. The van der Waals surface area contributed by atoms with Crippen LogP contribution in [-0.2, 0) is 65.8 Å². The van der Waals surface area contributed by atoms with Crippen LogP contribution in [0.1, 0.15) is 52.0 Å². The fourth-order valence-electron chi connectivity index (χ4n) is 9.56. The lowest BCUT2D eigenvalue weighted by molar-refractivity contribution is -0.137. The first-order chi connectivity index (χ1) is 40.5. The molecule has 11 N–H and O–H groups in total. The minimum Gasteiger partial charge on any atom is -0.368 e. The summed E-state index contributed by atoms with van der Waals surface area (Å²) in [6.07, 6.45) is -2.02. The van der Waals surface area contributed by atoms with Crippen molar-refractivity contribution >= 4 is 90.4 Å². The van der Waals surface area contributed by atoms with Gasteiger partial charge >= 0.3 is 0 Å². The third-order valence-corrected chi connectivity index (χ3v) is 16.8. The van der Waals surface area contributed by atoms with Gasteiger partial charge in [0.25, 0.3) is 11.8 Å². The molecule has 8 amide bonds. The number of rotatable bonds is 16. The molecule has 436 valence electrons. The van der Waals surface area contributed by atoms with E-state index in [0.29, 0.717) is 23.2 Å². The van der Waals surface area contributed by atoms with Crippen molar-refractivity contribution < 1.29 is 38.4 Å². The lowest BCUT2D eigenvalue weighted by Crippen LogP contribution is -2.64. The summed E-state index contributed by atoms with van der Waals surface area (Å²) in [5.74, 6) is -6.51. The standard InChI is InChI=1S/C64H70N10O8S2/c1-39(2)67-36-43-24-22-42(23-25-43)33-53-59(77)70-52(31-40-14-6-4-7-15-40)60(78)72-55(62(80)68-51(56(66)75)34-44-26-27-45-18-10-12-20-47(45)30-44)38-84-83-37-50(65)58(76)69-54(32-41-16-8-5-9-17-41)61(79)73-57(63(81)71-53)74(3)64(82)49-29-28-46-19-11-13-21-48(46)35-49/h4-30,35,39,50-55,57,67H,31-34,36-38,65H2,1-3H3,(H2,66,75)(H,68,80)(H,69,76)(H,70,77)(H,71,81)(H,72,78)(H,73,79)/t50-,51+,52+,53+,54+,55+,57+/m1/s1. The first-order valence-electron chi connectivity index (χ1n) is 27.7.